The average molecular weight is 342 g/mol. The number of ether oxygens (including phenoxy) is 3. The van der Waals surface area contributed by atoms with Crippen LogP contribution in [0, 0.1) is 0 Å². The van der Waals surface area contributed by atoms with E-state index < -0.39 is 0 Å². The summed E-state index contributed by atoms with van der Waals surface area (Å²) in [4.78, 5) is 0. The first-order valence-corrected chi connectivity index (χ1v) is 9.15. The second-order valence-corrected chi connectivity index (χ2v) is 6.12. The molecular formula is C22H30O3. The third-order valence-corrected chi connectivity index (χ3v) is 4.26. The molecule has 25 heavy (non-hydrogen) atoms. The Morgan fingerprint density at radius 1 is 0.640 bits per heavy atom. The summed E-state index contributed by atoms with van der Waals surface area (Å²) < 4.78 is 18.3. The minimum Gasteiger partial charge on any atom is -0.376 e. The quantitative estimate of drug-likeness (QED) is 0.583. The topological polar surface area (TPSA) is 27.7 Å². The third-order valence-electron chi connectivity index (χ3n) is 4.26. The summed E-state index contributed by atoms with van der Waals surface area (Å²) in [6.07, 6.45) is -0.414. The molecule has 0 fully saturated rings. The van der Waals surface area contributed by atoms with Crippen LogP contribution in [0.5, 0.6) is 0 Å². The maximum Gasteiger partial charge on any atom is 0.109 e. The lowest BCUT2D eigenvalue weighted by Gasteiger charge is -2.32. The van der Waals surface area contributed by atoms with Gasteiger partial charge in [0, 0.05) is 13.2 Å². The Labute approximate surface area is 151 Å². The van der Waals surface area contributed by atoms with E-state index in [1.807, 2.05) is 50.2 Å². The third kappa shape index (κ3) is 5.67. The van der Waals surface area contributed by atoms with E-state index in [2.05, 4.69) is 38.1 Å². The molecule has 136 valence electrons. The van der Waals surface area contributed by atoms with Gasteiger partial charge >= 0.3 is 0 Å². The van der Waals surface area contributed by atoms with Gasteiger partial charge in [-0.1, -0.05) is 60.7 Å². The number of rotatable bonds is 10. The van der Waals surface area contributed by atoms with Gasteiger partial charge in [0.1, 0.15) is 12.2 Å². The van der Waals surface area contributed by atoms with Gasteiger partial charge in [0.15, 0.2) is 0 Å². The van der Waals surface area contributed by atoms with E-state index in [1.165, 1.54) is 0 Å². The first kappa shape index (κ1) is 19.6. The predicted molar refractivity (Wildman–Crippen MR) is 102 cm³/mol. The average Bonchev–Trinajstić information content (AvgIpc) is 2.64. The molecular weight excluding hydrogens is 312 g/mol. The monoisotopic (exact) mass is 342 g/mol. The van der Waals surface area contributed by atoms with Gasteiger partial charge in [-0.3, -0.25) is 0 Å². The molecule has 2 aromatic rings. The summed E-state index contributed by atoms with van der Waals surface area (Å²) >= 11 is 0. The van der Waals surface area contributed by atoms with Crippen molar-refractivity contribution in [1.29, 1.82) is 0 Å². The molecule has 0 radical (unpaired) electrons. The second-order valence-electron chi connectivity index (χ2n) is 6.12. The molecule has 4 atom stereocenters. The Balaban J connectivity index is 2.30. The number of benzene rings is 2. The van der Waals surface area contributed by atoms with Crippen LogP contribution < -0.4 is 0 Å². The molecule has 0 aliphatic carbocycles. The molecule has 3 heteroatoms. The van der Waals surface area contributed by atoms with Crippen molar-refractivity contribution in [2.75, 3.05) is 13.2 Å². The smallest absolute Gasteiger partial charge is 0.109 e. The molecule has 0 N–H and O–H groups in total. The van der Waals surface area contributed by atoms with Crippen molar-refractivity contribution >= 4 is 0 Å². The summed E-state index contributed by atoms with van der Waals surface area (Å²) in [5.74, 6) is 0. The Bertz CT molecular complexity index is 531. The Morgan fingerprint density at radius 2 is 1.00 bits per heavy atom. The summed E-state index contributed by atoms with van der Waals surface area (Å²) in [6.45, 7) is 9.46. The summed E-state index contributed by atoms with van der Waals surface area (Å²) in [5, 5.41) is 0. The van der Waals surface area contributed by atoms with Crippen molar-refractivity contribution in [2.45, 2.75) is 52.1 Å². The molecule has 2 aromatic carbocycles. The fourth-order valence-electron chi connectivity index (χ4n) is 3.06. The van der Waals surface area contributed by atoms with Crippen LogP contribution in [0.15, 0.2) is 60.7 Å². The molecule has 2 rings (SSSR count). The lowest BCUT2D eigenvalue weighted by Crippen LogP contribution is -2.29. The van der Waals surface area contributed by atoms with Gasteiger partial charge in [0.05, 0.1) is 12.2 Å². The fraction of sp³-hybridized carbons (Fsp3) is 0.455. The van der Waals surface area contributed by atoms with Gasteiger partial charge in [-0.2, -0.15) is 0 Å². The van der Waals surface area contributed by atoms with Crippen LogP contribution in [0.3, 0.4) is 0 Å². The van der Waals surface area contributed by atoms with E-state index in [0.29, 0.717) is 13.2 Å². The minimum absolute atomic E-state index is 0.0487. The van der Waals surface area contributed by atoms with Crippen molar-refractivity contribution < 1.29 is 14.2 Å². The molecule has 0 aliphatic rings. The zero-order valence-corrected chi connectivity index (χ0v) is 15.7. The zero-order valence-electron chi connectivity index (χ0n) is 15.7. The van der Waals surface area contributed by atoms with E-state index in [1.54, 1.807) is 0 Å². The lowest BCUT2D eigenvalue weighted by atomic mass is 10.0. The van der Waals surface area contributed by atoms with Crippen LogP contribution in [0.2, 0.25) is 0 Å². The van der Waals surface area contributed by atoms with Crippen LogP contribution in [-0.4, -0.2) is 25.4 Å². The predicted octanol–water partition coefficient (Wildman–Crippen LogP) is 5.34. The highest BCUT2D eigenvalue weighted by Crippen LogP contribution is 2.33. The molecule has 0 amide bonds. The Kier molecular flexibility index (Phi) is 8.13. The molecule has 0 aromatic heterocycles. The minimum atomic E-state index is -0.158. The first-order valence-electron chi connectivity index (χ1n) is 9.15. The number of hydrogen-bond acceptors (Lipinski definition) is 3. The van der Waals surface area contributed by atoms with E-state index in [4.69, 9.17) is 14.2 Å². The van der Waals surface area contributed by atoms with Crippen LogP contribution >= 0.6 is 0 Å². The van der Waals surface area contributed by atoms with Crippen molar-refractivity contribution in [3.63, 3.8) is 0 Å². The highest BCUT2D eigenvalue weighted by molar-refractivity contribution is 5.21. The highest BCUT2D eigenvalue weighted by atomic mass is 16.6. The summed E-state index contributed by atoms with van der Waals surface area (Å²) in [7, 11) is 0. The lowest BCUT2D eigenvalue weighted by molar-refractivity contribution is -0.139. The van der Waals surface area contributed by atoms with Gasteiger partial charge in [0.25, 0.3) is 0 Å². The maximum absolute atomic E-state index is 6.60. The fourth-order valence-corrected chi connectivity index (χ4v) is 3.06. The molecule has 0 saturated carbocycles. The van der Waals surface area contributed by atoms with Crippen molar-refractivity contribution in [2.24, 2.45) is 0 Å². The van der Waals surface area contributed by atoms with Crippen molar-refractivity contribution in [1.82, 2.24) is 0 Å². The highest BCUT2D eigenvalue weighted by Gasteiger charge is 2.29. The van der Waals surface area contributed by atoms with Gasteiger partial charge in [0.2, 0.25) is 0 Å². The summed E-state index contributed by atoms with van der Waals surface area (Å²) in [5.41, 5.74) is 2.24. The standard InChI is InChI=1S/C22H30O3/c1-5-23-17(3)21(19-13-9-7-10-14-19)25-22(18(4)24-6-2)20-15-11-8-12-16-20/h7-18,21-22H,5-6H2,1-4H3. The molecule has 4 unspecified atom stereocenters. The van der Waals surface area contributed by atoms with E-state index in [0.717, 1.165) is 11.1 Å². The molecule has 0 aliphatic heterocycles. The first-order chi connectivity index (χ1) is 12.2. The molecule has 0 saturated heterocycles. The van der Waals surface area contributed by atoms with Crippen LogP contribution in [0.25, 0.3) is 0 Å². The van der Waals surface area contributed by atoms with E-state index >= 15 is 0 Å². The normalized spacial score (nSPS) is 16.2. The van der Waals surface area contributed by atoms with Crippen molar-refractivity contribution in [3.8, 4) is 0 Å². The largest absolute Gasteiger partial charge is 0.376 e. The maximum atomic E-state index is 6.60. The number of hydrogen-bond donors (Lipinski definition) is 0. The second kappa shape index (κ2) is 10.3. The van der Waals surface area contributed by atoms with Gasteiger partial charge in [-0.05, 0) is 38.8 Å². The van der Waals surface area contributed by atoms with E-state index in [9.17, 15) is 0 Å². The molecule has 3 nitrogen and oxygen atoms in total. The summed E-state index contributed by atoms with van der Waals surface area (Å²) in [6, 6.07) is 20.5. The molecule has 0 heterocycles. The van der Waals surface area contributed by atoms with Crippen LogP contribution in [-0.2, 0) is 14.2 Å². The SMILES string of the molecule is CCOC(C)C(OC(c1ccccc1)C(C)OCC)c1ccccc1. The molecule has 0 spiro atoms. The Hall–Kier alpha value is -1.68. The molecule has 0 bridgehead atoms. The van der Waals surface area contributed by atoms with Crippen LogP contribution in [0.1, 0.15) is 51.0 Å². The van der Waals surface area contributed by atoms with Gasteiger partial charge in [-0.25, -0.2) is 0 Å². The van der Waals surface area contributed by atoms with Crippen LogP contribution in [0.4, 0.5) is 0 Å². The zero-order chi connectivity index (χ0) is 18.1. The van der Waals surface area contributed by atoms with Gasteiger partial charge < -0.3 is 14.2 Å². The van der Waals surface area contributed by atoms with E-state index in [-0.39, 0.29) is 24.4 Å². The van der Waals surface area contributed by atoms with Gasteiger partial charge in [-0.15, -0.1) is 0 Å². The van der Waals surface area contributed by atoms with Crippen molar-refractivity contribution in [3.05, 3.63) is 71.8 Å². The Morgan fingerprint density at radius 3 is 1.32 bits per heavy atom.